The molecule has 10 heteroatoms. The number of para-hydroxylation sites is 1. The van der Waals surface area contributed by atoms with Gasteiger partial charge in [-0.1, -0.05) is 34.1 Å². The quantitative estimate of drug-likeness (QED) is 0.376. The van der Waals surface area contributed by atoms with Crippen LogP contribution in [-0.4, -0.2) is 27.5 Å². The van der Waals surface area contributed by atoms with E-state index in [1.54, 1.807) is 60.1 Å². The van der Waals surface area contributed by atoms with Crippen molar-refractivity contribution in [3.05, 3.63) is 80.3 Å². The Morgan fingerprint density at radius 2 is 2.16 bits per heavy atom. The number of nitriles is 1. The Hall–Kier alpha value is -3.81. The van der Waals surface area contributed by atoms with Crippen molar-refractivity contribution < 1.29 is 9.53 Å². The number of nitrogens with one attached hydrogen (secondary N) is 2. The SMILES string of the molecule is N#CC(=Cc1ccccc1OCC(=O)Nc1nccs1)c1nc2ccc(Br)cc2c(=O)[nH]1. The van der Waals surface area contributed by atoms with Crippen LogP contribution >= 0.6 is 27.3 Å². The van der Waals surface area contributed by atoms with Crippen LogP contribution in [0.5, 0.6) is 5.75 Å². The van der Waals surface area contributed by atoms with E-state index >= 15 is 0 Å². The van der Waals surface area contributed by atoms with E-state index in [0.717, 1.165) is 4.47 Å². The van der Waals surface area contributed by atoms with Crippen molar-refractivity contribution in [1.82, 2.24) is 15.0 Å². The standard InChI is InChI=1S/C22H14BrN5O3S/c23-15-5-6-17-16(10-15)21(30)28-20(26-17)14(11-24)9-13-3-1-2-4-18(13)31-12-19(29)27-22-25-7-8-32-22/h1-10H,12H2,(H,25,27,29)(H,26,28,30). The summed E-state index contributed by atoms with van der Waals surface area (Å²) in [4.78, 5) is 35.6. The summed E-state index contributed by atoms with van der Waals surface area (Å²) < 4.78 is 6.40. The Bertz CT molecular complexity index is 1420. The number of benzene rings is 2. The molecule has 2 heterocycles. The van der Waals surface area contributed by atoms with Crippen LogP contribution in [0.25, 0.3) is 22.6 Å². The van der Waals surface area contributed by atoms with Gasteiger partial charge in [0.05, 0.1) is 16.5 Å². The van der Waals surface area contributed by atoms with Gasteiger partial charge in [-0.15, -0.1) is 11.3 Å². The molecule has 0 radical (unpaired) electrons. The first-order valence-corrected chi connectivity index (χ1v) is 10.9. The van der Waals surface area contributed by atoms with Crippen LogP contribution < -0.4 is 15.6 Å². The molecule has 1 amide bonds. The number of hydrogen-bond acceptors (Lipinski definition) is 7. The molecule has 2 aromatic carbocycles. The van der Waals surface area contributed by atoms with Crippen molar-refractivity contribution in [3.8, 4) is 11.8 Å². The van der Waals surface area contributed by atoms with E-state index in [2.05, 4.69) is 42.3 Å². The lowest BCUT2D eigenvalue weighted by Crippen LogP contribution is -2.20. The molecule has 0 unspecified atom stereocenters. The number of fused-ring (bicyclic) bond motifs is 1. The maximum atomic E-state index is 12.5. The maximum Gasteiger partial charge on any atom is 0.264 e. The molecule has 0 saturated heterocycles. The second kappa shape index (κ2) is 9.55. The minimum absolute atomic E-state index is 0.142. The predicted molar refractivity (Wildman–Crippen MR) is 126 cm³/mol. The number of H-pyrrole nitrogens is 1. The van der Waals surface area contributed by atoms with Gasteiger partial charge in [-0.25, -0.2) is 9.97 Å². The number of halogens is 1. The van der Waals surface area contributed by atoms with Gasteiger partial charge in [-0.05, 0) is 30.3 Å². The molecule has 2 aromatic heterocycles. The molecular weight excluding hydrogens is 494 g/mol. The van der Waals surface area contributed by atoms with E-state index in [0.29, 0.717) is 27.3 Å². The molecule has 0 aliphatic rings. The zero-order chi connectivity index (χ0) is 22.5. The highest BCUT2D eigenvalue weighted by Crippen LogP contribution is 2.24. The van der Waals surface area contributed by atoms with Crippen molar-refractivity contribution in [2.75, 3.05) is 11.9 Å². The summed E-state index contributed by atoms with van der Waals surface area (Å²) in [6.07, 6.45) is 3.14. The average molecular weight is 508 g/mol. The fourth-order valence-corrected chi connectivity index (χ4v) is 3.77. The Morgan fingerprint density at radius 3 is 2.94 bits per heavy atom. The lowest BCUT2D eigenvalue weighted by Gasteiger charge is -2.09. The molecule has 0 bridgehead atoms. The van der Waals surface area contributed by atoms with Crippen LogP contribution in [0.2, 0.25) is 0 Å². The number of carbonyl (C=O) groups is 1. The molecular formula is C22H14BrN5O3S. The Labute approximate surface area is 194 Å². The van der Waals surface area contributed by atoms with Crippen molar-refractivity contribution >= 4 is 60.9 Å². The molecule has 4 aromatic rings. The highest BCUT2D eigenvalue weighted by Gasteiger charge is 2.12. The molecule has 158 valence electrons. The van der Waals surface area contributed by atoms with Crippen LogP contribution in [0, 0.1) is 11.3 Å². The maximum absolute atomic E-state index is 12.5. The summed E-state index contributed by atoms with van der Waals surface area (Å²) in [5, 5.41) is 15.0. The van der Waals surface area contributed by atoms with Crippen molar-refractivity contribution in [1.29, 1.82) is 5.26 Å². The predicted octanol–water partition coefficient (Wildman–Crippen LogP) is 4.22. The van der Waals surface area contributed by atoms with Crippen LogP contribution in [0.1, 0.15) is 11.4 Å². The zero-order valence-corrected chi connectivity index (χ0v) is 18.7. The fraction of sp³-hybridized carbons (Fsp3) is 0.0455. The van der Waals surface area contributed by atoms with E-state index in [4.69, 9.17) is 4.74 Å². The van der Waals surface area contributed by atoms with Gasteiger partial charge in [0.25, 0.3) is 11.5 Å². The molecule has 0 spiro atoms. The summed E-state index contributed by atoms with van der Waals surface area (Å²) in [5.74, 6) is 0.191. The lowest BCUT2D eigenvalue weighted by atomic mass is 10.1. The van der Waals surface area contributed by atoms with Gasteiger partial charge in [-0.3, -0.25) is 14.9 Å². The first-order chi connectivity index (χ1) is 15.5. The van der Waals surface area contributed by atoms with Gasteiger partial charge < -0.3 is 9.72 Å². The third-order valence-corrected chi connectivity index (χ3v) is 5.48. The van der Waals surface area contributed by atoms with Crippen LogP contribution in [0.4, 0.5) is 5.13 Å². The zero-order valence-electron chi connectivity index (χ0n) is 16.3. The number of rotatable bonds is 6. The van der Waals surface area contributed by atoms with Gasteiger partial charge in [0.1, 0.15) is 11.8 Å². The number of nitrogens with zero attached hydrogens (tertiary/aromatic N) is 3. The van der Waals surface area contributed by atoms with Gasteiger partial charge in [0, 0.05) is 21.6 Å². The van der Waals surface area contributed by atoms with Crippen LogP contribution in [0.15, 0.2) is 63.3 Å². The van der Waals surface area contributed by atoms with Gasteiger partial charge in [0.2, 0.25) is 0 Å². The monoisotopic (exact) mass is 507 g/mol. The number of ether oxygens (including phenoxy) is 1. The van der Waals surface area contributed by atoms with Gasteiger partial charge in [0.15, 0.2) is 17.6 Å². The first-order valence-electron chi connectivity index (χ1n) is 9.26. The molecule has 0 aliphatic carbocycles. The summed E-state index contributed by atoms with van der Waals surface area (Å²) >= 11 is 4.64. The molecule has 2 N–H and O–H groups in total. The van der Waals surface area contributed by atoms with Crippen LogP contribution in [-0.2, 0) is 4.79 Å². The Morgan fingerprint density at radius 1 is 1.31 bits per heavy atom. The van der Waals surface area contributed by atoms with Crippen molar-refractivity contribution in [3.63, 3.8) is 0 Å². The minimum atomic E-state index is -0.356. The largest absolute Gasteiger partial charge is 0.483 e. The Balaban J connectivity index is 1.61. The second-order valence-electron chi connectivity index (χ2n) is 6.46. The highest BCUT2D eigenvalue weighted by atomic mass is 79.9. The third kappa shape index (κ3) is 4.91. The summed E-state index contributed by atoms with van der Waals surface area (Å²) in [6, 6.07) is 14.2. The van der Waals surface area contributed by atoms with Crippen molar-refractivity contribution in [2.24, 2.45) is 0 Å². The second-order valence-corrected chi connectivity index (χ2v) is 8.27. The summed E-state index contributed by atoms with van der Waals surface area (Å²) in [5.41, 5.74) is 0.826. The number of aromatic amines is 1. The van der Waals surface area contributed by atoms with Crippen molar-refractivity contribution in [2.45, 2.75) is 0 Å². The van der Waals surface area contributed by atoms with Gasteiger partial charge >= 0.3 is 0 Å². The fourth-order valence-electron chi connectivity index (χ4n) is 2.86. The number of amides is 1. The normalized spacial score (nSPS) is 11.2. The van der Waals surface area contributed by atoms with E-state index in [9.17, 15) is 14.9 Å². The smallest absolute Gasteiger partial charge is 0.264 e. The van der Waals surface area contributed by atoms with E-state index < -0.39 is 0 Å². The molecule has 0 fully saturated rings. The molecule has 0 aliphatic heterocycles. The van der Waals surface area contributed by atoms with Crippen LogP contribution in [0.3, 0.4) is 0 Å². The molecule has 4 rings (SSSR count). The minimum Gasteiger partial charge on any atom is -0.483 e. The van der Waals surface area contributed by atoms with E-state index in [1.165, 1.54) is 11.3 Å². The van der Waals surface area contributed by atoms with E-state index in [1.807, 2.05) is 0 Å². The lowest BCUT2D eigenvalue weighted by molar-refractivity contribution is -0.118. The number of aromatic nitrogens is 3. The molecule has 0 atom stereocenters. The highest BCUT2D eigenvalue weighted by molar-refractivity contribution is 9.10. The average Bonchev–Trinajstić information content (AvgIpc) is 3.30. The number of thiazole rings is 1. The number of allylic oxidation sites excluding steroid dienone is 1. The number of hydrogen-bond donors (Lipinski definition) is 2. The first kappa shape index (κ1) is 21.4. The van der Waals surface area contributed by atoms with E-state index in [-0.39, 0.29) is 29.5 Å². The summed E-state index contributed by atoms with van der Waals surface area (Å²) in [6.45, 7) is -0.230. The molecule has 0 saturated carbocycles. The Kier molecular flexibility index (Phi) is 6.39. The number of anilines is 1. The molecule has 8 nitrogen and oxygen atoms in total. The number of carbonyl (C=O) groups excluding carboxylic acids is 1. The van der Waals surface area contributed by atoms with Gasteiger partial charge in [-0.2, -0.15) is 5.26 Å². The summed E-state index contributed by atoms with van der Waals surface area (Å²) in [7, 11) is 0. The third-order valence-electron chi connectivity index (χ3n) is 4.30. The topological polar surface area (TPSA) is 121 Å². The molecule has 32 heavy (non-hydrogen) atoms.